The van der Waals surface area contributed by atoms with E-state index >= 15 is 0 Å². The molecule has 0 spiro atoms. The molecule has 3 N–H and O–H groups in total. The van der Waals surface area contributed by atoms with Gasteiger partial charge in [-0.05, 0) is 0 Å². The van der Waals surface area contributed by atoms with Gasteiger partial charge < -0.3 is 20.1 Å². The van der Waals surface area contributed by atoms with Crippen LogP contribution < -0.4 is 0 Å². The molecule has 1 saturated heterocycles. The van der Waals surface area contributed by atoms with Crippen molar-refractivity contribution in [3.8, 4) is 0 Å². The van der Waals surface area contributed by atoms with Crippen molar-refractivity contribution in [3.05, 3.63) is 0 Å². The number of hydrogen-bond donors (Lipinski definition) is 4. The highest BCUT2D eigenvalue weighted by Crippen LogP contribution is 2.19. The van der Waals surface area contributed by atoms with E-state index in [1.165, 1.54) is 0 Å². The number of ether oxygens (including phenoxy) is 1. The molecule has 4 atom stereocenters. The third-order valence-corrected chi connectivity index (χ3v) is 1.88. The summed E-state index contributed by atoms with van der Waals surface area (Å²) >= 11 is 3.85. The second kappa shape index (κ2) is 3.06. The molecule has 0 aromatic rings. The number of rotatable bonds is 1. The third kappa shape index (κ3) is 1.28. The molecule has 1 heterocycles. The summed E-state index contributed by atoms with van der Waals surface area (Å²) in [4.78, 5) is 0. The Balaban J connectivity index is 2.53. The van der Waals surface area contributed by atoms with Crippen LogP contribution in [-0.4, -0.2) is 45.7 Å². The molecule has 0 aliphatic carbocycles. The Kier molecular flexibility index (Phi) is 2.54. The Bertz CT molecular complexity index is 120. The van der Waals surface area contributed by atoms with Gasteiger partial charge >= 0.3 is 0 Å². The molecule has 0 radical (unpaired) electrons. The Morgan fingerprint density at radius 2 is 1.80 bits per heavy atom. The Labute approximate surface area is 63.8 Å². The zero-order valence-corrected chi connectivity index (χ0v) is 6.11. The van der Waals surface area contributed by atoms with E-state index in [-0.39, 0.29) is 5.75 Å². The van der Waals surface area contributed by atoms with Crippen LogP contribution in [0.1, 0.15) is 0 Å². The summed E-state index contributed by atoms with van der Waals surface area (Å²) in [7, 11) is 0. The zero-order chi connectivity index (χ0) is 7.72. The molecular weight excluding hydrogens is 156 g/mol. The topological polar surface area (TPSA) is 69.9 Å². The van der Waals surface area contributed by atoms with Crippen molar-refractivity contribution in [2.24, 2.45) is 0 Å². The van der Waals surface area contributed by atoms with Crippen LogP contribution in [-0.2, 0) is 4.74 Å². The number of thiol groups is 1. The van der Waals surface area contributed by atoms with E-state index in [2.05, 4.69) is 12.6 Å². The highest BCUT2D eigenvalue weighted by atomic mass is 32.1. The smallest absolute Gasteiger partial charge is 0.183 e. The van der Waals surface area contributed by atoms with Crippen LogP contribution in [0.5, 0.6) is 0 Å². The predicted octanol–water partition coefficient (Wildman–Crippen LogP) is -1.64. The molecular formula is C5H10O4S. The molecule has 0 aromatic heterocycles. The summed E-state index contributed by atoms with van der Waals surface area (Å²) < 4.78 is 4.71. The van der Waals surface area contributed by atoms with Gasteiger partial charge in [0.25, 0.3) is 0 Å². The summed E-state index contributed by atoms with van der Waals surface area (Å²) in [6.45, 7) is 0. The van der Waals surface area contributed by atoms with Crippen molar-refractivity contribution in [3.63, 3.8) is 0 Å². The maximum absolute atomic E-state index is 9.04. The first-order valence-electron chi connectivity index (χ1n) is 2.97. The van der Waals surface area contributed by atoms with Crippen molar-refractivity contribution >= 4 is 12.6 Å². The van der Waals surface area contributed by atoms with Gasteiger partial charge in [-0.3, -0.25) is 0 Å². The SMILES string of the molecule is O[C@@H]1[C@H](O)[C@@H](CS)O[C@@H]1O. The van der Waals surface area contributed by atoms with Gasteiger partial charge in [-0.15, -0.1) is 0 Å². The summed E-state index contributed by atoms with van der Waals surface area (Å²) in [6, 6.07) is 0. The minimum absolute atomic E-state index is 0.287. The van der Waals surface area contributed by atoms with Gasteiger partial charge in [0.2, 0.25) is 0 Å². The molecule has 1 rings (SSSR count). The van der Waals surface area contributed by atoms with E-state index < -0.39 is 24.6 Å². The second-order valence-electron chi connectivity index (χ2n) is 2.23. The van der Waals surface area contributed by atoms with Gasteiger partial charge in [0.15, 0.2) is 6.29 Å². The first-order valence-corrected chi connectivity index (χ1v) is 3.60. The lowest BCUT2D eigenvalue weighted by atomic mass is 10.2. The van der Waals surface area contributed by atoms with E-state index in [0.29, 0.717) is 0 Å². The predicted molar refractivity (Wildman–Crippen MR) is 36.7 cm³/mol. The van der Waals surface area contributed by atoms with E-state index in [1.807, 2.05) is 0 Å². The lowest BCUT2D eigenvalue weighted by Crippen LogP contribution is -2.32. The van der Waals surface area contributed by atoms with Crippen LogP contribution in [0.2, 0.25) is 0 Å². The van der Waals surface area contributed by atoms with E-state index in [9.17, 15) is 0 Å². The van der Waals surface area contributed by atoms with Gasteiger partial charge in [0, 0.05) is 5.75 Å². The highest BCUT2D eigenvalue weighted by molar-refractivity contribution is 7.80. The average Bonchev–Trinajstić information content (AvgIpc) is 2.17. The van der Waals surface area contributed by atoms with Crippen molar-refractivity contribution in [1.82, 2.24) is 0 Å². The molecule has 4 nitrogen and oxygen atoms in total. The molecule has 0 bridgehead atoms. The van der Waals surface area contributed by atoms with Gasteiger partial charge in [0.05, 0.1) is 6.10 Å². The van der Waals surface area contributed by atoms with Crippen LogP contribution in [0, 0.1) is 0 Å². The van der Waals surface area contributed by atoms with Crippen LogP contribution in [0.4, 0.5) is 0 Å². The van der Waals surface area contributed by atoms with Crippen LogP contribution >= 0.6 is 12.6 Å². The van der Waals surface area contributed by atoms with Crippen molar-refractivity contribution in [1.29, 1.82) is 0 Å². The van der Waals surface area contributed by atoms with Crippen LogP contribution in [0.15, 0.2) is 0 Å². The number of aliphatic hydroxyl groups excluding tert-OH is 3. The minimum atomic E-state index is -1.27. The monoisotopic (exact) mass is 166 g/mol. The van der Waals surface area contributed by atoms with E-state index in [0.717, 1.165) is 0 Å². The Morgan fingerprint density at radius 1 is 1.20 bits per heavy atom. The normalized spacial score (nSPS) is 48.0. The quantitative estimate of drug-likeness (QED) is 0.352. The molecule has 1 aliphatic rings. The lowest BCUT2D eigenvalue weighted by molar-refractivity contribution is -0.123. The van der Waals surface area contributed by atoms with Crippen molar-refractivity contribution in [2.75, 3.05) is 5.75 Å². The van der Waals surface area contributed by atoms with Gasteiger partial charge in [-0.1, -0.05) is 0 Å². The standard InChI is InChI=1S/C5H10O4S/c6-3-2(1-10)9-5(8)4(3)7/h2-8,10H,1H2/t2-,3-,4-,5+/m1/s1. The largest absolute Gasteiger partial charge is 0.387 e. The highest BCUT2D eigenvalue weighted by Gasteiger charge is 2.40. The van der Waals surface area contributed by atoms with Crippen LogP contribution in [0.3, 0.4) is 0 Å². The first kappa shape index (κ1) is 8.29. The fourth-order valence-corrected chi connectivity index (χ4v) is 1.18. The summed E-state index contributed by atoms with van der Waals surface area (Å²) in [5.74, 6) is 0.287. The fourth-order valence-electron chi connectivity index (χ4n) is 0.880. The molecule has 0 aromatic carbocycles. The molecule has 5 heteroatoms. The fraction of sp³-hybridized carbons (Fsp3) is 1.00. The summed E-state index contributed by atoms with van der Waals surface area (Å²) in [5, 5.41) is 26.8. The number of hydrogen-bond acceptors (Lipinski definition) is 5. The lowest BCUT2D eigenvalue weighted by Gasteiger charge is -2.09. The summed E-state index contributed by atoms with van der Waals surface area (Å²) in [6.07, 6.45) is -4.05. The van der Waals surface area contributed by atoms with Gasteiger partial charge in [-0.25, -0.2) is 0 Å². The Morgan fingerprint density at radius 3 is 2.00 bits per heavy atom. The van der Waals surface area contributed by atoms with E-state index in [1.54, 1.807) is 0 Å². The first-order chi connectivity index (χ1) is 4.66. The maximum atomic E-state index is 9.04. The Hall–Kier alpha value is 0.190. The molecule has 10 heavy (non-hydrogen) atoms. The van der Waals surface area contributed by atoms with Gasteiger partial charge in [0.1, 0.15) is 12.2 Å². The van der Waals surface area contributed by atoms with E-state index in [4.69, 9.17) is 20.1 Å². The van der Waals surface area contributed by atoms with Crippen molar-refractivity contribution in [2.45, 2.75) is 24.6 Å². The third-order valence-electron chi connectivity index (χ3n) is 1.52. The summed E-state index contributed by atoms with van der Waals surface area (Å²) in [5.41, 5.74) is 0. The van der Waals surface area contributed by atoms with Gasteiger partial charge in [-0.2, -0.15) is 12.6 Å². The molecule has 1 fully saturated rings. The number of aliphatic hydroxyl groups is 3. The molecule has 0 saturated carbocycles. The average molecular weight is 166 g/mol. The second-order valence-corrected chi connectivity index (χ2v) is 2.59. The maximum Gasteiger partial charge on any atom is 0.183 e. The molecule has 60 valence electrons. The zero-order valence-electron chi connectivity index (χ0n) is 5.21. The van der Waals surface area contributed by atoms with Crippen molar-refractivity contribution < 1.29 is 20.1 Å². The molecule has 1 aliphatic heterocycles. The molecule has 0 unspecified atom stereocenters. The minimum Gasteiger partial charge on any atom is -0.387 e. The molecule has 0 amide bonds. The van der Waals surface area contributed by atoms with Crippen LogP contribution in [0.25, 0.3) is 0 Å².